The summed E-state index contributed by atoms with van der Waals surface area (Å²) in [6, 6.07) is 6.37. The van der Waals surface area contributed by atoms with Gasteiger partial charge in [-0.2, -0.15) is 13.2 Å². The predicted molar refractivity (Wildman–Crippen MR) is 100 cm³/mol. The van der Waals surface area contributed by atoms with Crippen LogP contribution in [0.1, 0.15) is 22.8 Å². The third kappa shape index (κ3) is 4.74. The van der Waals surface area contributed by atoms with E-state index in [9.17, 15) is 43.1 Å². The van der Waals surface area contributed by atoms with Gasteiger partial charge in [0, 0.05) is 0 Å². The number of rotatable bonds is 4. The van der Waals surface area contributed by atoms with Gasteiger partial charge in [-0.3, -0.25) is 0 Å². The lowest BCUT2D eigenvalue weighted by Crippen LogP contribution is -2.59. The van der Waals surface area contributed by atoms with E-state index in [-0.39, 0.29) is 16.7 Å². The zero-order valence-electron chi connectivity index (χ0n) is 16.3. The molecule has 1 saturated heterocycles. The maximum atomic E-state index is 13.7. The van der Waals surface area contributed by atoms with E-state index in [1.165, 1.54) is 18.2 Å². The molecule has 0 spiro atoms. The van der Waals surface area contributed by atoms with Gasteiger partial charge >= 0.3 is 6.18 Å². The SMILES string of the molecule is Cc1cc(-c2cc(F)cc(C(F)(F)F)c2)ccc1[C@@H](O)[C@H]1O[C@H](CO)[C@@H](O)[C@H](O)[C@@H]1O. The van der Waals surface area contributed by atoms with Gasteiger partial charge in [0.2, 0.25) is 0 Å². The van der Waals surface area contributed by atoms with Crippen molar-refractivity contribution in [1.82, 2.24) is 0 Å². The molecule has 2 aromatic rings. The molecule has 0 bridgehead atoms. The monoisotopic (exact) mass is 446 g/mol. The van der Waals surface area contributed by atoms with Gasteiger partial charge in [0.1, 0.15) is 42.4 Å². The highest BCUT2D eigenvalue weighted by molar-refractivity contribution is 5.66. The molecule has 0 amide bonds. The van der Waals surface area contributed by atoms with Gasteiger partial charge in [-0.15, -0.1) is 0 Å². The van der Waals surface area contributed by atoms with Crippen LogP contribution in [0.5, 0.6) is 0 Å². The van der Waals surface area contributed by atoms with Crippen LogP contribution in [-0.4, -0.2) is 62.7 Å². The molecule has 3 rings (SSSR count). The maximum Gasteiger partial charge on any atom is 0.416 e. The van der Waals surface area contributed by atoms with Crippen LogP contribution in [0.4, 0.5) is 17.6 Å². The zero-order valence-corrected chi connectivity index (χ0v) is 16.3. The number of benzene rings is 2. The van der Waals surface area contributed by atoms with E-state index < -0.39 is 60.8 Å². The van der Waals surface area contributed by atoms with E-state index >= 15 is 0 Å². The summed E-state index contributed by atoms with van der Waals surface area (Å²) in [5.74, 6) is -1.05. The van der Waals surface area contributed by atoms with Gasteiger partial charge in [0.05, 0.1) is 12.2 Å². The molecule has 5 N–H and O–H groups in total. The Balaban J connectivity index is 1.92. The highest BCUT2D eigenvalue weighted by atomic mass is 19.4. The highest BCUT2D eigenvalue weighted by Crippen LogP contribution is 2.36. The summed E-state index contributed by atoms with van der Waals surface area (Å²) in [5.41, 5.74) is -0.234. The van der Waals surface area contributed by atoms with E-state index in [0.29, 0.717) is 11.6 Å². The fraction of sp³-hybridized carbons (Fsp3) is 0.429. The van der Waals surface area contributed by atoms with Crippen molar-refractivity contribution in [3.63, 3.8) is 0 Å². The molecule has 2 aromatic carbocycles. The van der Waals surface area contributed by atoms with E-state index in [1.807, 2.05) is 0 Å². The molecule has 170 valence electrons. The smallest absolute Gasteiger partial charge is 0.394 e. The van der Waals surface area contributed by atoms with Crippen LogP contribution >= 0.6 is 0 Å². The van der Waals surface area contributed by atoms with Crippen LogP contribution in [-0.2, 0) is 10.9 Å². The first-order valence-corrected chi connectivity index (χ1v) is 9.41. The van der Waals surface area contributed by atoms with Gasteiger partial charge in [0.25, 0.3) is 0 Å². The minimum absolute atomic E-state index is 0.00990. The van der Waals surface area contributed by atoms with Crippen molar-refractivity contribution in [2.45, 2.75) is 49.7 Å². The Morgan fingerprint density at radius 1 is 0.968 bits per heavy atom. The van der Waals surface area contributed by atoms with Crippen LogP contribution < -0.4 is 0 Å². The summed E-state index contributed by atoms with van der Waals surface area (Å²) < 4.78 is 58.0. The highest BCUT2D eigenvalue weighted by Gasteiger charge is 2.46. The molecule has 6 nitrogen and oxygen atoms in total. The van der Waals surface area contributed by atoms with Crippen molar-refractivity contribution in [3.8, 4) is 11.1 Å². The minimum atomic E-state index is -4.72. The second kappa shape index (κ2) is 8.81. The number of aliphatic hydroxyl groups excluding tert-OH is 5. The number of halogens is 4. The largest absolute Gasteiger partial charge is 0.416 e. The van der Waals surface area contributed by atoms with Gasteiger partial charge < -0.3 is 30.3 Å². The lowest BCUT2D eigenvalue weighted by Gasteiger charge is -2.42. The molecule has 0 aromatic heterocycles. The Morgan fingerprint density at radius 2 is 1.65 bits per heavy atom. The summed E-state index contributed by atoms with van der Waals surface area (Å²) in [4.78, 5) is 0. The molecule has 1 fully saturated rings. The maximum absolute atomic E-state index is 13.7. The van der Waals surface area contributed by atoms with Crippen LogP contribution in [0.25, 0.3) is 11.1 Å². The third-order valence-electron chi connectivity index (χ3n) is 5.39. The summed E-state index contributed by atoms with van der Waals surface area (Å²) >= 11 is 0. The Hall–Kier alpha value is -2.08. The molecule has 1 aliphatic heterocycles. The molecule has 6 atom stereocenters. The van der Waals surface area contributed by atoms with E-state index in [0.717, 1.165) is 12.1 Å². The Morgan fingerprint density at radius 3 is 2.23 bits per heavy atom. The number of hydrogen-bond donors (Lipinski definition) is 5. The van der Waals surface area contributed by atoms with E-state index in [2.05, 4.69) is 0 Å². The molecule has 0 unspecified atom stereocenters. The van der Waals surface area contributed by atoms with Crippen molar-refractivity contribution >= 4 is 0 Å². The molecule has 0 aliphatic carbocycles. The number of alkyl halides is 3. The summed E-state index contributed by atoms with van der Waals surface area (Å²) in [7, 11) is 0. The lowest BCUT2D eigenvalue weighted by atomic mass is 9.87. The van der Waals surface area contributed by atoms with Crippen LogP contribution in [0.3, 0.4) is 0 Å². The minimum Gasteiger partial charge on any atom is -0.394 e. The van der Waals surface area contributed by atoms with Crippen molar-refractivity contribution in [2.75, 3.05) is 6.61 Å². The molecule has 0 radical (unpaired) electrons. The molecule has 10 heteroatoms. The fourth-order valence-electron chi connectivity index (χ4n) is 3.68. The van der Waals surface area contributed by atoms with Gasteiger partial charge in [-0.25, -0.2) is 4.39 Å². The summed E-state index contributed by atoms with van der Waals surface area (Å²) in [5, 5.41) is 49.9. The van der Waals surface area contributed by atoms with Crippen LogP contribution in [0.2, 0.25) is 0 Å². The molecule has 0 saturated carbocycles. The lowest BCUT2D eigenvalue weighted by molar-refractivity contribution is -0.250. The summed E-state index contributed by atoms with van der Waals surface area (Å²) in [6.07, 6.45) is -13.7. The fourth-order valence-corrected chi connectivity index (χ4v) is 3.68. The standard InChI is InChI=1S/C21H22F4O6/c1-9-4-10(11-5-12(21(23,24)25)7-13(22)6-11)2-3-14(9)16(27)20-19(30)18(29)17(28)15(8-26)31-20/h2-7,15-20,26-30H,8H2,1H3/t15-,16-,17-,18+,19+,20-/m1/s1. The van der Waals surface area contributed by atoms with E-state index in [4.69, 9.17) is 4.74 Å². The Labute approximate surface area is 175 Å². The predicted octanol–water partition coefficient (Wildman–Crippen LogP) is 1.70. The number of hydrogen-bond acceptors (Lipinski definition) is 6. The summed E-state index contributed by atoms with van der Waals surface area (Å²) in [6.45, 7) is 0.892. The Bertz CT molecular complexity index is 933. The molecular formula is C21H22F4O6. The van der Waals surface area contributed by atoms with Gasteiger partial charge in [-0.1, -0.05) is 18.2 Å². The molecular weight excluding hydrogens is 424 g/mol. The number of aryl methyl sites for hydroxylation is 1. The number of ether oxygens (including phenoxy) is 1. The quantitative estimate of drug-likeness (QED) is 0.458. The van der Waals surface area contributed by atoms with Crippen molar-refractivity contribution in [3.05, 3.63) is 58.9 Å². The van der Waals surface area contributed by atoms with Gasteiger partial charge in [-0.05, 0) is 47.4 Å². The van der Waals surface area contributed by atoms with Crippen LogP contribution in [0.15, 0.2) is 36.4 Å². The van der Waals surface area contributed by atoms with Gasteiger partial charge in [0.15, 0.2) is 0 Å². The molecule has 1 heterocycles. The first kappa shape index (κ1) is 23.6. The molecule has 31 heavy (non-hydrogen) atoms. The second-order valence-corrected chi connectivity index (χ2v) is 7.54. The van der Waals surface area contributed by atoms with Crippen molar-refractivity contribution in [1.29, 1.82) is 0 Å². The normalized spacial score (nSPS) is 27.9. The Kier molecular flexibility index (Phi) is 6.70. The van der Waals surface area contributed by atoms with E-state index in [1.54, 1.807) is 6.92 Å². The van der Waals surface area contributed by atoms with Crippen molar-refractivity contribution < 1.29 is 47.8 Å². The number of aliphatic hydroxyl groups is 5. The first-order valence-electron chi connectivity index (χ1n) is 9.41. The average molecular weight is 446 g/mol. The average Bonchev–Trinajstić information content (AvgIpc) is 2.70. The first-order chi connectivity index (χ1) is 14.4. The second-order valence-electron chi connectivity index (χ2n) is 7.54. The topological polar surface area (TPSA) is 110 Å². The van der Waals surface area contributed by atoms with Crippen molar-refractivity contribution in [2.24, 2.45) is 0 Å². The molecule has 1 aliphatic rings. The van der Waals surface area contributed by atoms with Crippen LogP contribution in [0, 0.1) is 12.7 Å². The third-order valence-corrected chi connectivity index (χ3v) is 5.39. The zero-order chi connectivity index (χ0) is 23.1.